The number of rotatable bonds is 20. The zero-order chi connectivity index (χ0) is 56.2. The number of anilines is 6. The van der Waals surface area contributed by atoms with Crippen LogP contribution in [0.4, 0.5) is 34.9 Å². The van der Waals surface area contributed by atoms with Crippen LogP contribution in [0.1, 0.15) is 71.6 Å². The molecule has 0 saturated carbocycles. The van der Waals surface area contributed by atoms with Crippen molar-refractivity contribution < 1.29 is 59.0 Å². The van der Waals surface area contributed by atoms with Gasteiger partial charge in [0.15, 0.2) is 51.8 Å². The van der Waals surface area contributed by atoms with Gasteiger partial charge in [-0.25, -0.2) is 19.9 Å². The molecule has 77 heavy (non-hydrogen) atoms. The minimum absolute atomic E-state index is 0.00443. The van der Waals surface area contributed by atoms with E-state index in [1.54, 1.807) is 60.9 Å². The summed E-state index contributed by atoms with van der Waals surface area (Å²) < 4.78 is 5.02. The van der Waals surface area contributed by atoms with E-state index in [0.29, 0.717) is 46.7 Å². The van der Waals surface area contributed by atoms with E-state index < -0.39 is 73.0 Å². The molecule has 4 aromatic heterocycles. The number of aliphatic hydroxyl groups is 4. The number of amides is 3. The molecule has 2 aromatic carbocycles. The molecule has 5 heterocycles. The Balaban J connectivity index is 0.000000260. The molecule has 3 amide bonds. The molecule has 1 aliphatic heterocycles. The fourth-order valence-corrected chi connectivity index (χ4v) is 7.81. The van der Waals surface area contributed by atoms with Gasteiger partial charge < -0.3 is 79.0 Å². The van der Waals surface area contributed by atoms with Crippen LogP contribution in [0.3, 0.4) is 0 Å². The van der Waals surface area contributed by atoms with Gasteiger partial charge in [0.2, 0.25) is 17.8 Å². The number of nitrogens with one attached hydrogen (secondary N) is 3. The average Bonchev–Trinajstić information content (AvgIpc) is 3.38. The van der Waals surface area contributed by atoms with E-state index in [-0.39, 0.29) is 72.0 Å². The zero-order valence-electron chi connectivity index (χ0n) is 42.1. The maximum atomic E-state index is 12.9. The lowest BCUT2D eigenvalue weighted by Gasteiger charge is -2.40. The number of carboxylic acids is 1. The third kappa shape index (κ3) is 15.1. The fourth-order valence-electron chi connectivity index (χ4n) is 7.81. The number of hydrogen-bond donors (Lipinski definition) is 12. The van der Waals surface area contributed by atoms with Gasteiger partial charge in [0.1, 0.15) is 24.4 Å². The maximum Gasteiger partial charge on any atom is 0.303 e. The summed E-state index contributed by atoms with van der Waals surface area (Å²) in [4.78, 5) is 110. The van der Waals surface area contributed by atoms with Crippen molar-refractivity contribution in [3.05, 3.63) is 83.4 Å². The molecule has 7 atom stereocenters. The van der Waals surface area contributed by atoms with Gasteiger partial charge in [-0.1, -0.05) is 0 Å². The van der Waals surface area contributed by atoms with Gasteiger partial charge in [-0.15, -0.1) is 0 Å². The van der Waals surface area contributed by atoms with Crippen molar-refractivity contribution in [3.8, 4) is 0 Å². The Kier molecular flexibility index (Phi) is 19.0. The van der Waals surface area contributed by atoms with E-state index in [9.17, 15) is 49.2 Å². The number of nitrogen functional groups attached to an aromatic ring is 4. The van der Waals surface area contributed by atoms with Crippen LogP contribution < -0.4 is 48.7 Å². The molecule has 1 fully saturated rings. The smallest absolute Gasteiger partial charge is 0.303 e. The topological polar surface area (TPSA) is 463 Å². The number of aromatic nitrogens is 8. The van der Waals surface area contributed by atoms with Crippen LogP contribution in [-0.2, 0) is 37.0 Å². The zero-order valence-corrected chi connectivity index (χ0v) is 42.1. The Hall–Kier alpha value is -8.90. The quantitative estimate of drug-likeness (QED) is 0.0409. The summed E-state index contributed by atoms with van der Waals surface area (Å²) >= 11 is 0. The van der Waals surface area contributed by atoms with Gasteiger partial charge in [-0.2, -0.15) is 19.9 Å². The summed E-state index contributed by atoms with van der Waals surface area (Å²) in [6.07, 6.45) is -3.38. The summed E-state index contributed by atoms with van der Waals surface area (Å²) in [6.45, 7) is 2.71. The highest BCUT2D eigenvalue weighted by Crippen LogP contribution is 2.23. The number of carbonyl (C=O) groups excluding carboxylic acids is 5. The lowest BCUT2D eigenvalue weighted by Crippen LogP contribution is -2.64. The first-order valence-electron chi connectivity index (χ1n) is 23.7. The van der Waals surface area contributed by atoms with E-state index in [0.717, 1.165) is 11.4 Å². The molecular weight excluding hydrogens is 1010 g/mol. The molecule has 1 aliphatic rings. The second-order valence-corrected chi connectivity index (χ2v) is 17.9. The van der Waals surface area contributed by atoms with Crippen LogP contribution in [0.15, 0.2) is 60.9 Å². The van der Waals surface area contributed by atoms with Crippen molar-refractivity contribution in [1.29, 1.82) is 0 Å². The number of benzene rings is 2. The van der Waals surface area contributed by atoms with Gasteiger partial charge in [0.25, 0.3) is 11.8 Å². The van der Waals surface area contributed by atoms with Gasteiger partial charge in [-0.05, 0) is 75.2 Å². The number of nitrogens with zero attached hydrogens (tertiary/aromatic N) is 10. The van der Waals surface area contributed by atoms with Crippen molar-refractivity contribution in [2.45, 2.75) is 95.3 Å². The largest absolute Gasteiger partial charge is 0.481 e. The first kappa shape index (κ1) is 57.4. The number of ether oxygens (including phenoxy) is 1. The molecule has 16 N–H and O–H groups in total. The molecule has 0 aliphatic carbocycles. The Labute approximate surface area is 438 Å². The molecule has 1 saturated heterocycles. The number of carbonyl (C=O) groups is 6. The number of aliphatic carboxylic acids is 1. The summed E-state index contributed by atoms with van der Waals surface area (Å²) in [5.74, 6) is -3.04. The molecule has 6 aromatic rings. The lowest BCUT2D eigenvalue weighted by atomic mass is 9.96. The monoisotopic (exact) mass is 1070 g/mol. The second kappa shape index (κ2) is 25.6. The van der Waals surface area contributed by atoms with E-state index in [2.05, 4.69) is 55.8 Å². The first-order chi connectivity index (χ1) is 36.5. The van der Waals surface area contributed by atoms with Crippen LogP contribution >= 0.6 is 0 Å². The van der Waals surface area contributed by atoms with Crippen molar-refractivity contribution in [2.75, 3.05) is 53.4 Å². The van der Waals surface area contributed by atoms with Crippen LogP contribution in [0, 0.1) is 0 Å². The van der Waals surface area contributed by atoms with Gasteiger partial charge >= 0.3 is 5.97 Å². The molecule has 29 nitrogen and oxygen atoms in total. The van der Waals surface area contributed by atoms with Crippen molar-refractivity contribution >= 4 is 92.5 Å². The van der Waals surface area contributed by atoms with Crippen LogP contribution in [0.25, 0.3) is 22.3 Å². The van der Waals surface area contributed by atoms with E-state index in [1.807, 2.05) is 23.9 Å². The summed E-state index contributed by atoms with van der Waals surface area (Å²) in [6, 6.07) is 10.2. The second-order valence-electron chi connectivity index (χ2n) is 17.9. The lowest BCUT2D eigenvalue weighted by molar-refractivity contribution is -0.253. The number of fused-ring (bicyclic) bond motifs is 2. The van der Waals surface area contributed by atoms with Crippen molar-refractivity contribution in [2.24, 2.45) is 0 Å². The molecule has 0 radical (unpaired) electrons. The maximum absolute atomic E-state index is 12.9. The number of carboxylic acid groups (broad SMARTS) is 1. The summed E-state index contributed by atoms with van der Waals surface area (Å²) in [5.41, 5.74) is 27.7. The summed E-state index contributed by atoms with van der Waals surface area (Å²) in [7, 11) is 3.67. The van der Waals surface area contributed by atoms with E-state index in [4.69, 9.17) is 32.8 Å². The average molecular weight is 1070 g/mol. The van der Waals surface area contributed by atoms with Crippen LogP contribution in [0.5, 0.6) is 0 Å². The van der Waals surface area contributed by atoms with E-state index >= 15 is 0 Å². The fraction of sp³-hybridized carbons (Fsp3) is 0.375. The molecular formula is C48H59N17O12. The normalized spacial score (nSPS) is 17.7. The number of Topliss-reactive ketones (excluding diaryl/α,β-unsaturated/α-hetero) is 2. The Morgan fingerprint density at radius 1 is 0.636 bits per heavy atom. The first-order valence-corrected chi connectivity index (χ1v) is 23.7. The van der Waals surface area contributed by atoms with Crippen molar-refractivity contribution in [3.63, 3.8) is 0 Å². The minimum Gasteiger partial charge on any atom is -0.481 e. The third-order valence-electron chi connectivity index (χ3n) is 12.1. The molecule has 408 valence electrons. The molecule has 0 bridgehead atoms. The highest BCUT2D eigenvalue weighted by molar-refractivity contribution is 5.99. The number of nitrogens with two attached hydrogens (primary N) is 4. The SMILES string of the molecule is CC(=O)C(CCC(=O)NC1C(O)O[C@H](CO)[C@@H](O)[C@@H]1O)NC(=O)c1ccc(N(C)Cc2cnc3nc(N)nc(N)c3n2)cc1.CC(=O)C(CCC(=O)O)NC(=O)c1ccc(N(C)Cc2cnc3nc(N)nc(N)c3n2)cc1. The standard InChI is InChI=1S/C27H35N9O8.C21H24N8O4/c1-12(38)16(7-8-18(39)33-19-22(41)21(40)17(11-37)44-26(19)43)32-25(42)13-3-5-15(6-4-13)36(2)10-14-9-30-24-20(31-14)23(28)34-27(29)35-24;1-11(30)15(7-8-16(31)32)26-20(33)12-3-5-14(6-4-12)29(2)10-13-9-24-19-17(25-13)18(22)27-21(23)28-19/h3-6,9,16-17,19,21-22,26,37,40-41,43H,7-8,10-11H2,1-2H3,(H,32,42)(H,33,39)(H4,28,29,30,34,35);3-6,9,15H,7-8,10H2,1-2H3,(H,26,33)(H,31,32)(H4,22,23,24,27,28)/t16?,17-,19?,21-,22-,26?;/m1./s1. The highest BCUT2D eigenvalue weighted by atomic mass is 16.6. The van der Waals surface area contributed by atoms with Gasteiger partial charge in [-0.3, -0.25) is 28.8 Å². The van der Waals surface area contributed by atoms with Crippen LogP contribution in [-0.4, -0.2) is 164 Å². The minimum atomic E-state index is -1.67. The molecule has 4 unspecified atom stereocenters. The molecule has 29 heteroatoms. The molecule has 7 rings (SSSR count). The van der Waals surface area contributed by atoms with Crippen LogP contribution in [0.2, 0.25) is 0 Å². The number of hydrogen-bond acceptors (Lipinski definition) is 25. The number of ketones is 2. The predicted octanol–water partition coefficient (Wildman–Crippen LogP) is -1.62. The predicted molar refractivity (Wildman–Crippen MR) is 277 cm³/mol. The van der Waals surface area contributed by atoms with Gasteiger partial charge in [0.05, 0.1) is 55.6 Å². The Bertz CT molecular complexity index is 3120. The Morgan fingerprint density at radius 3 is 1.47 bits per heavy atom. The highest BCUT2D eigenvalue weighted by Gasteiger charge is 2.44. The van der Waals surface area contributed by atoms with Crippen molar-refractivity contribution in [1.82, 2.24) is 55.8 Å². The summed E-state index contributed by atoms with van der Waals surface area (Å²) in [5, 5.41) is 55.8. The Morgan fingerprint density at radius 2 is 1.06 bits per heavy atom. The molecule has 0 spiro atoms. The number of aliphatic hydroxyl groups excluding tert-OH is 4. The third-order valence-corrected chi connectivity index (χ3v) is 12.1. The van der Waals surface area contributed by atoms with Gasteiger partial charge in [0, 0.05) is 49.4 Å². The van der Waals surface area contributed by atoms with E-state index in [1.165, 1.54) is 13.8 Å².